The third-order valence-corrected chi connectivity index (χ3v) is 3.57. The first-order chi connectivity index (χ1) is 11.9. The summed E-state index contributed by atoms with van der Waals surface area (Å²) < 4.78 is 0. The number of Topliss-reactive ketones (excluding diaryl/α,β-unsaturated/α-hetero) is 2. The molecule has 0 bridgehead atoms. The van der Waals surface area contributed by atoms with Crippen LogP contribution < -0.4 is 0 Å². The summed E-state index contributed by atoms with van der Waals surface area (Å²) in [5.41, 5.74) is 8.10. The average molecular weight is 334 g/mol. The molecular weight excluding hydrogens is 316 g/mol. The molecule has 1 unspecified atom stereocenters. The molecule has 5 heteroatoms. The first kappa shape index (κ1) is 18.2. The van der Waals surface area contributed by atoms with E-state index in [0.717, 1.165) is 5.56 Å². The Kier molecular flexibility index (Phi) is 5.90. The number of aliphatic hydroxyl groups is 1. The SMILES string of the molecule is CC(O)(/C=C/c1ccccc1)CC(=O)C(=[N+]=[N-])C(=O)c1ccccc1. The molecule has 25 heavy (non-hydrogen) atoms. The Morgan fingerprint density at radius 3 is 2.20 bits per heavy atom. The van der Waals surface area contributed by atoms with Gasteiger partial charge in [-0.15, -0.1) is 0 Å². The van der Waals surface area contributed by atoms with Gasteiger partial charge in [0.2, 0.25) is 0 Å². The lowest BCUT2D eigenvalue weighted by molar-refractivity contribution is -0.119. The van der Waals surface area contributed by atoms with E-state index in [-0.39, 0.29) is 12.0 Å². The fourth-order valence-corrected chi connectivity index (χ4v) is 2.26. The lowest BCUT2D eigenvalue weighted by atomic mass is 9.93. The Hall–Kier alpha value is -3.14. The van der Waals surface area contributed by atoms with Crippen molar-refractivity contribution in [3.63, 3.8) is 0 Å². The maximum atomic E-state index is 12.3. The van der Waals surface area contributed by atoms with Crippen molar-refractivity contribution in [2.75, 3.05) is 0 Å². The highest BCUT2D eigenvalue weighted by Crippen LogP contribution is 2.15. The average Bonchev–Trinajstić information content (AvgIpc) is 2.62. The third kappa shape index (κ3) is 5.18. The van der Waals surface area contributed by atoms with Crippen molar-refractivity contribution in [3.8, 4) is 0 Å². The summed E-state index contributed by atoms with van der Waals surface area (Å²) in [6.45, 7) is 1.45. The molecule has 0 amide bonds. The molecule has 0 radical (unpaired) electrons. The van der Waals surface area contributed by atoms with E-state index >= 15 is 0 Å². The fourth-order valence-electron chi connectivity index (χ4n) is 2.26. The molecule has 0 aliphatic carbocycles. The summed E-state index contributed by atoms with van der Waals surface area (Å²) in [4.78, 5) is 27.4. The van der Waals surface area contributed by atoms with Crippen LogP contribution in [0, 0.1) is 0 Å². The van der Waals surface area contributed by atoms with Gasteiger partial charge in [0.25, 0.3) is 11.6 Å². The Labute approximate surface area is 145 Å². The lowest BCUT2D eigenvalue weighted by Crippen LogP contribution is -2.33. The van der Waals surface area contributed by atoms with Crippen molar-refractivity contribution in [2.24, 2.45) is 0 Å². The molecule has 1 N–H and O–H groups in total. The minimum absolute atomic E-state index is 0.239. The Balaban J connectivity index is 2.12. The standard InChI is InChI=1S/C20H18N2O3/c1-20(25,13-12-15-8-4-2-5-9-15)14-17(23)18(22-21)19(24)16-10-6-3-7-11-16/h2-13,25H,14H2,1H3/b13-12+. The summed E-state index contributed by atoms with van der Waals surface area (Å²) in [6.07, 6.45) is 2.78. The number of benzene rings is 2. The van der Waals surface area contributed by atoms with Gasteiger partial charge in [0.1, 0.15) is 0 Å². The van der Waals surface area contributed by atoms with Crippen LogP contribution in [-0.2, 0) is 4.79 Å². The molecule has 0 fully saturated rings. The van der Waals surface area contributed by atoms with Crippen LogP contribution in [0.5, 0.6) is 0 Å². The summed E-state index contributed by atoms with van der Waals surface area (Å²) in [6, 6.07) is 17.4. The molecule has 0 aliphatic heterocycles. The van der Waals surface area contributed by atoms with Crippen LogP contribution in [0.25, 0.3) is 11.6 Å². The van der Waals surface area contributed by atoms with E-state index in [1.807, 2.05) is 30.3 Å². The molecule has 5 nitrogen and oxygen atoms in total. The van der Waals surface area contributed by atoms with E-state index in [2.05, 4.69) is 4.79 Å². The molecule has 1 atom stereocenters. The van der Waals surface area contributed by atoms with Gasteiger partial charge in [-0.3, -0.25) is 9.59 Å². The minimum atomic E-state index is -1.49. The lowest BCUT2D eigenvalue weighted by Gasteiger charge is -2.16. The highest BCUT2D eigenvalue weighted by Gasteiger charge is 2.34. The van der Waals surface area contributed by atoms with Gasteiger partial charge in [0.15, 0.2) is 0 Å². The Bertz CT molecular complexity index is 834. The van der Waals surface area contributed by atoms with Gasteiger partial charge in [-0.05, 0) is 12.5 Å². The number of nitrogens with zero attached hydrogens (tertiary/aromatic N) is 2. The third-order valence-electron chi connectivity index (χ3n) is 3.57. The molecular formula is C20H18N2O3. The van der Waals surface area contributed by atoms with Crippen LogP contribution in [0.3, 0.4) is 0 Å². The first-order valence-electron chi connectivity index (χ1n) is 7.74. The maximum absolute atomic E-state index is 12.3. The van der Waals surface area contributed by atoms with E-state index in [0.29, 0.717) is 0 Å². The van der Waals surface area contributed by atoms with Crippen LogP contribution in [0.2, 0.25) is 0 Å². The number of rotatable bonds is 7. The summed E-state index contributed by atoms with van der Waals surface area (Å²) >= 11 is 0. The van der Waals surface area contributed by atoms with Crippen LogP contribution in [0.1, 0.15) is 29.3 Å². The number of hydrogen-bond acceptors (Lipinski definition) is 3. The summed E-state index contributed by atoms with van der Waals surface area (Å²) in [5.74, 6) is -1.42. The van der Waals surface area contributed by atoms with E-state index in [9.17, 15) is 14.7 Å². The monoisotopic (exact) mass is 334 g/mol. The molecule has 2 aromatic carbocycles. The van der Waals surface area contributed by atoms with Crippen molar-refractivity contribution < 1.29 is 19.5 Å². The second-order valence-corrected chi connectivity index (χ2v) is 5.84. The number of ketones is 2. The molecule has 0 aliphatic rings. The van der Waals surface area contributed by atoms with Crippen molar-refractivity contribution in [1.29, 1.82) is 0 Å². The van der Waals surface area contributed by atoms with Gasteiger partial charge in [-0.1, -0.05) is 72.8 Å². The van der Waals surface area contributed by atoms with Gasteiger partial charge in [-0.25, -0.2) is 0 Å². The van der Waals surface area contributed by atoms with Crippen molar-refractivity contribution in [3.05, 3.63) is 83.4 Å². The van der Waals surface area contributed by atoms with Crippen molar-refractivity contribution in [1.82, 2.24) is 0 Å². The van der Waals surface area contributed by atoms with Crippen LogP contribution in [0.15, 0.2) is 66.7 Å². The smallest absolute Gasteiger partial charge is 0.386 e. The van der Waals surface area contributed by atoms with E-state index < -0.39 is 22.9 Å². The molecule has 0 saturated carbocycles. The van der Waals surface area contributed by atoms with E-state index in [1.54, 1.807) is 24.3 Å². The molecule has 0 spiro atoms. The van der Waals surface area contributed by atoms with Gasteiger partial charge in [-0.2, -0.15) is 4.79 Å². The van der Waals surface area contributed by atoms with Gasteiger partial charge < -0.3 is 10.6 Å². The zero-order valence-corrected chi connectivity index (χ0v) is 13.8. The molecule has 0 heterocycles. The highest BCUT2D eigenvalue weighted by atomic mass is 16.3. The minimum Gasteiger partial charge on any atom is -0.386 e. The molecule has 126 valence electrons. The fraction of sp³-hybridized carbons (Fsp3) is 0.150. The first-order valence-corrected chi connectivity index (χ1v) is 7.74. The molecule has 2 rings (SSSR count). The second kappa shape index (κ2) is 8.11. The number of hydrogen-bond donors (Lipinski definition) is 1. The summed E-state index contributed by atoms with van der Waals surface area (Å²) in [7, 11) is 0. The van der Waals surface area contributed by atoms with Gasteiger partial charge >= 0.3 is 5.71 Å². The number of carbonyl (C=O) groups excluding carboxylic acids is 2. The van der Waals surface area contributed by atoms with Crippen LogP contribution >= 0.6 is 0 Å². The molecule has 0 aromatic heterocycles. The number of carbonyl (C=O) groups is 2. The van der Waals surface area contributed by atoms with Crippen molar-refractivity contribution in [2.45, 2.75) is 18.9 Å². The maximum Gasteiger partial charge on any atom is 0.405 e. The van der Waals surface area contributed by atoms with Gasteiger partial charge in [0.05, 0.1) is 12.0 Å². The van der Waals surface area contributed by atoms with Crippen molar-refractivity contribution >= 4 is 23.4 Å². The largest absolute Gasteiger partial charge is 0.405 e. The molecule has 0 saturated heterocycles. The second-order valence-electron chi connectivity index (χ2n) is 5.84. The zero-order valence-electron chi connectivity index (χ0n) is 13.8. The van der Waals surface area contributed by atoms with E-state index in [1.165, 1.54) is 25.1 Å². The van der Waals surface area contributed by atoms with Crippen LogP contribution in [-0.4, -0.2) is 32.8 Å². The molecule has 2 aromatic rings. The topological polar surface area (TPSA) is 90.8 Å². The van der Waals surface area contributed by atoms with E-state index in [4.69, 9.17) is 5.53 Å². The predicted molar refractivity (Wildman–Crippen MR) is 95.1 cm³/mol. The van der Waals surface area contributed by atoms with Gasteiger partial charge in [0, 0.05) is 5.56 Å². The highest BCUT2D eigenvalue weighted by molar-refractivity contribution is 6.67. The zero-order chi connectivity index (χ0) is 18.3. The normalized spacial score (nSPS) is 13.0. The Morgan fingerprint density at radius 2 is 1.64 bits per heavy atom. The Morgan fingerprint density at radius 1 is 1.08 bits per heavy atom. The predicted octanol–water partition coefficient (Wildman–Crippen LogP) is 2.96. The summed E-state index contributed by atoms with van der Waals surface area (Å²) in [5, 5.41) is 10.4. The van der Waals surface area contributed by atoms with Crippen LogP contribution in [0.4, 0.5) is 0 Å². The quantitative estimate of drug-likeness (QED) is 0.277.